The van der Waals surface area contributed by atoms with Gasteiger partial charge in [0.15, 0.2) is 0 Å². The number of anilines is 1. The molecule has 0 bridgehead atoms. The van der Waals surface area contributed by atoms with Crippen molar-refractivity contribution in [3.05, 3.63) is 77.0 Å². The van der Waals surface area contributed by atoms with E-state index in [4.69, 9.17) is 10.3 Å². The molecule has 5 rings (SSSR count). The molecule has 3 heterocycles. The number of nitrogens with one attached hydrogen (secondary N) is 1. The topological polar surface area (TPSA) is 114 Å². The SMILES string of the molecule is Cc1ccc(-c2cc(C(=O)Nc3ccc(CN4CCCC(C(N)=O)C4)cc3)c3c(C)noc3n2)cc1. The zero-order valence-corrected chi connectivity index (χ0v) is 20.5. The average molecular weight is 484 g/mol. The summed E-state index contributed by atoms with van der Waals surface area (Å²) in [6.45, 7) is 6.19. The van der Waals surface area contributed by atoms with Crippen molar-refractivity contribution < 1.29 is 14.1 Å². The molecule has 0 aliphatic carbocycles. The molecule has 184 valence electrons. The van der Waals surface area contributed by atoms with E-state index >= 15 is 0 Å². The molecule has 1 fully saturated rings. The second-order valence-electron chi connectivity index (χ2n) is 9.50. The van der Waals surface area contributed by atoms with Gasteiger partial charge in [-0.15, -0.1) is 0 Å². The summed E-state index contributed by atoms with van der Waals surface area (Å²) in [6.07, 6.45) is 1.82. The fourth-order valence-corrected chi connectivity index (χ4v) is 4.73. The summed E-state index contributed by atoms with van der Waals surface area (Å²) in [7, 11) is 0. The number of piperidine rings is 1. The van der Waals surface area contributed by atoms with Crippen molar-refractivity contribution in [2.24, 2.45) is 11.7 Å². The van der Waals surface area contributed by atoms with Crippen LogP contribution in [0.1, 0.15) is 40.0 Å². The minimum absolute atomic E-state index is 0.0832. The third kappa shape index (κ3) is 4.99. The summed E-state index contributed by atoms with van der Waals surface area (Å²) in [5, 5.41) is 7.63. The highest BCUT2D eigenvalue weighted by Crippen LogP contribution is 2.28. The molecular weight excluding hydrogens is 454 g/mol. The van der Waals surface area contributed by atoms with Gasteiger partial charge in [0.2, 0.25) is 5.91 Å². The van der Waals surface area contributed by atoms with E-state index in [0.29, 0.717) is 40.3 Å². The fourth-order valence-electron chi connectivity index (χ4n) is 4.73. The van der Waals surface area contributed by atoms with Gasteiger partial charge in [-0.2, -0.15) is 0 Å². The summed E-state index contributed by atoms with van der Waals surface area (Å²) in [5.74, 6) is -0.563. The Morgan fingerprint density at radius 3 is 2.58 bits per heavy atom. The third-order valence-electron chi connectivity index (χ3n) is 6.73. The number of carbonyl (C=O) groups is 2. The lowest BCUT2D eigenvalue weighted by Crippen LogP contribution is -2.40. The number of likely N-dealkylation sites (tertiary alicyclic amines) is 1. The van der Waals surface area contributed by atoms with E-state index < -0.39 is 0 Å². The molecule has 0 spiro atoms. The van der Waals surface area contributed by atoms with Crippen molar-refractivity contribution in [3.8, 4) is 11.3 Å². The van der Waals surface area contributed by atoms with Gasteiger partial charge in [0, 0.05) is 24.3 Å². The van der Waals surface area contributed by atoms with Crippen LogP contribution in [0.5, 0.6) is 0 Å². The van der Waals surface area contributed by atoms with Crippen molar-refractivity contribution >= 4 is 28.6 Å². The molecule has 0 radical (unpaired) electrons. The van der Waals surface area contributed by atoms with Crippen LogP contribution < -0.4 is 11.1 Å². The second kappa shape index (κ2) is 9.91. The number of hydrogen-bond acceptors (Lipinski definition) is 6. The predicted molar refractivity (Wildman–Crippen MR) is 138 cm³/mol. The smallest absolute Gasteiger partial charge is 0.259 e. The van der Waals surface area contributed by atoms with Gasteiger partial charge in [0.1, 0.15) is 0 Å². The van der Waals surface area contributed by atoms with Gasteiger partial charge >= 0.3 is 0 Å². The summed E-state index contributed by atoms with van der Waals surface area (Å²) < 4.78 is 5.41. The van der Waals surface area contributed by atoms with Crippen molar-refractivity contribution in [1.29, 1.82) is 0 Å². The highest BCUT2D eigenvalue weighted by Gasteiger charge is 2.24. The number of benzene rings is 2. The molecule has 1 aliphatic rings. The highest BCUT2D eigenvalue weighted by molar-refractivity contribution is 6.13. The number of amides is 2. The van der Waals surface area contributed by atoms with E-state index in [1.54, 1.807) is 13.0 Å². The second-order valence-corrected chi connectivity index (χ2v) is 9.50. The van der Waals surface area contributed by atoms with Gasteiger partial charge in [0.05, 0.1) is 28.3 Å². The van der Waals surface area contributed by atoms with Crippen LogP contribution in [0.15, 0.2) is 59.1 Å². The number of rotatable bonds is 6. The van der Waals surface area contributed by atoms with E-state index in [1.807, 2.05) is 55.5 Å². The van der Waals surface area contributed by atoms with Crippen molar-refractivity contribution in [2.45, 2.75) is 33.2 Å². The van der Waals surface area contributed by atoms with E-state index in [2.05, 4.69) is 20.4 Å². The number of aromatic nitrogens is 2. The maximum atomic E-state index is 13.4. The summed E-state index contributed by atoms with van der Waals surface area (Å²) in [5.41, 5.74) is 11.4. The first kappa shape index (κ1) is 23.7. The lowest BCUT2D eigenvalue weighted by molar-refractivity contribution is -0.123. The Kier molecular flexibility index (Phi) is 6.52. The Balaban J connectivity index is 1.34. The fraction of sp³-hybridized carbons (Fsp3) is 0.286. The van der Waals surface area contributed by atoms with Crippen molar-refractivity contribution in [3.63, 3.8) is 0 Å². The number of carbonyl (C=O) groups excluding carboxylic acids is 2. The standard InChI is InChI=1S/C28H29N5O3/c1-17-5-9-20(10-6-17)24-14-23(25-18(2)32-36-28(25)31-24)27(35)30-22-11-7-19(8-12-22)15-33-13-3-4-21(16-33)26(29)34/h5-12,14,21H,3-4,13,15-16H2,1-2H3,(H2,29,34)(H,30,35). The van der Waals surface area contributed by atoms with Gasteiger partial charge in [-0.05, 0) is 57.0 Å². The molecule has 2 aromatic heterocycles. The van der Waals surface area contributed by atoms with Crippen LogP contribution in [-0.2, 0) is 11.3 Å². The maximum absolute atomic E-state index is 13.4. The van der Waals surface area contributed by atoms with Crippen molar-refractivity contribution in [2.75, 3.05) is 18.4 Å². The molecule has 4 aromatic rings. The highest BCUT2D eigenvalue weighted by atomic mass is 16.5. The van der Waals surface area contributed by atoms with Crippen LogP contribution in [0.25, 0.3) is 22.4 Å². The summed E-state index contributed by atoms with van der Waals surface area (Å²) >= 11 is 0. The van der Waals surface area contributed by atoms with Gasteiger partial charge in [-0.25, -0.2) is 4.98 Å². The number of pyridine rings is 1. The Labute approximate surface area is 209 Å². The minimum Gasteiger partial charge on any atom is -0.369 e. The average Bonchev–Trinajstić information content (AvgIpc) is 3.26. The van der Waals surface area contributed by atoms with Crippen LogP contribution in [0, 0.1) is 19.8 Å². The molecule has 8 heteroatoms. The first-order chi connectivity index (χ1) is 17.4. The number of fused-ring (bicyclic) bond motifs is 1. The molecule has 3 N–H and O–H groups in total. The van der Waals surface area contributed by atoms with Crippen LogP contribution >= 0.6 is 0 Å². The number of primary amides is 1. The quantitative estimate of drug-likeness (QED) is 0.419. The van der Waals surface area contributed by atoms with Gasteiger partial charge in [0.25, 0.3) is 11.6 Å². The van der Waals surface area contributed by atoms with E-state index in [1.165, 1.54) is 0 Å². The maximum Gasteiger partial charge on any atom is 0.259 e. The molecular formula is C28H29N5O3. The molecule has 1 unspecified atom stereocenters. The molecule has 36 heavy (non-hydrogen) atoms. The Bertz CT molecular complexity index is 1410. The normalized spacial score (nSPS) is 16.2. The lowest BCUT2D eigenvalue weighted by atomic mass is 9.97. The van der Waals surface area contributed by atoms with E-state index in [0.717, 1.165) is 42.6 Å². The predicted octanol–water partition coefficient (Wildman–Crippen LogP) is 4.46. The van der Waals surface area contributed by atoms with Crippen LogP contribution in [0.2, 0.25) is 0 Å². The molecule has 1 saturated heterocycles. The van der Waals surface area contributed by atoms with E-state index in [-0.39, 0.29) is 17.7 Å². The zero-order valence-electron chi connectivity index (χ0n) is 20.5. The molecule has 1 aliphatic heterocycles. The Hall–Kier alpha value is -4.04. The number of aryl methyl sites for hydroxylation is 2. The van der Waals surface area contributed by atoms with Crippen LogP contribution in [0.3, 0.4) is 0 Å². The van der Waals surface area contributed by atoms with Crippen LogP contribution in [-0.4, -0.2) is 39.9 Å². The third-order valence-corrected chi connectivity index (χ3v) is 6.73. The van der Waals surface area contributed by atoms with Crippen molar-refractivity contribution in [1.82, 2.24) is 15.0 Å². The van der Waals surface area contributed by atoms with Crippen LogP contribution in [0.4, 0.5) is 5.69 Å². The minimum atomic E-state index is -0.254. The summed E-state index contributed by atoms with van der Waals surface area (Å²) in [6, 6.07) is 17.5. The lowest BCUT2D eigenvalue weighted by Gasteiger charge is -2.31. The largest absolute Gasteiger partial charge is 0.369 e. The number of nitrogens with two attached hydrogens (primary N) is 1. The van der Waals surface area contributed by atoms with Gasteiger partial charge < -0.3 is 15.6 Å². The molecule has 0 saturated carbocycles. The first-order valence-electron chi connectivity index (χ1n) is 12.1. The van der Waals surface area contributed by atoms with Gasteiger partial charge in [-0.3, -0.25) is 14.5 Å². The van der Waals surface area contributed by atoms with Gasteiger partial charge in [-0.1, -0.05) is 47.1 Å². The number of hydrogen-bond donors (Lipinski definition) is 2. The van der Waals surface area contributed by atoms with E-state index in [9.17, 15) is 9.59 Å². The monoisotopic (exact) mass is 483 g/mol. The summed E-state index contributed by atoms with van der Waals surface area (Å²) in [4.78, 5) is 31.8. The Morgan fingerprint density at radius 1 is 1.11 bits per heavy atom. The first-order valence-corrected chi connectivity index (χ1v) is 12.1. The molecule has 2 aromatic carbocycles. The Morgan fingerprint density at radius 2 is 1.86 bits per heavy atom. The molecule has 1 atom stereocenters. The zero-order chi connectivity index (χ0) is 25.2. The number of nitrogens with zero attached hydrogens (tertiary/aromatic N) is 3. The molecule has 2 amide bonds. The molecule has 8 nitrogen and oxygen atoms in total.